The van der Waals surface area contributed by atoms with Gasteiger partial charge in [0.05, 0.1) is 6.10 Å². The molecule has 0 spiro atoms. The Bertz CT molecular complexity index is 385. The quantitative estimate of drug-likeness (QED) is 0.794. The smallest absolute Gasteiger partial charge is 0.138 e. The number of aromatic nitrogens is 3. The molecule has 1 N–H and O–H groups in total. The van der Waals surface area contributed by atoms with Crippen LogP contribution >= 0.6 is 0 Å². The van der Waals surface area contributed by atoms with Crippen LogP contribution in [-0.2, 0) is 11.2 Å². The zero-order valence-electron chi connectivity index (χ0n) is 13.0. The van der Waals surface area contributed by atoms with E-state index in [1.54, 1.807) is 6.33 Å². The maximum absolute atomic E-state index is 5.78. The second kappa shape index (κ2) is 7.74. The largest absolute Gasteiger partial charge is 0.378 e. The van der Waals surface area contributed by atoms with Crippen molar-refractivity contribution in [3.63, 3.8) is 0 Å². The first kappa shape index (κ1) is 15.4. The van der Waals surface area contributed by atoms with Gasteiger partial charge in [-0.2, -0.15) is 5.10 Å². The fraction of sp³-hybridized carbons (Fsp3) is 0.867. The molecule has 5 nitrogen and oxygen atoms in total. The van der Waals surface area contributed by atoms with Crippen molar-refractivity contribution in [2.45, 2.75) is 71.1 Å². The molecule has 114 valence electrons. The lowest BCUT2D eigenvalue weighted by atomic mass is 10.0. The molecule has 1 aromatic rings. The number of rotatable bonds is 8. The summed E-state index contributed by atoms with van der Waals surface area (Å²) in [5.41, 5.74) is 0. The van der Waals surface area contributed by atoms with E-state index in [0.29, 0.717) is 18.2 Å². The van der Waals surface area contributed by atoms with Gasteiger partial charge in [0.25, 0.3) is 0 Å². The van der Waals surface area contributed by atoms with Gasteiger partial charge in [-0.15, -0.1) is 0 Å². The molecule has 2 unspecified atom stereocenters. The molecule has 0 bridgehead atoms. The third-order valence-corrected chi connectivity index (χ3v) is 3.82. The number of hydrogen-bond acceptors (Lipinski definition) is 4. The maximum Gasteiger partial charge on any atom is 0.138 e. The summed E-state index contributed by atoms with van der Waals surface area (Å²) in [7, 11) is 0. The second-order valence-electron chi connectivity index (χ2n) is 5.94. The molecule has 2 rings (SSSR count). The molecule has 20 heavy (non-hydrogen) atoms. The fourth-order valence-electron chi connectivity index (χ4n) is 2.81. The van der Waals surface area contributed by atoms with Gasteiger partial charge in [0.15, 0.2) is 0 Å². The number of nitrogens with one attached hydrogen (secondary N) is 1. The van der Waals surface area contributed by atoms with E-state index in [9.17, 15) is 0 Å². The molecule has 1 aromatic heterocycles. The second-order valence-corrected chi connectivity index (χ2v) is 5.94. The monoisotopic (exact) mass is 280 g/mol. The molecule has 0 aliphatic carbocycles. The average molecular weight is 280 g/mol. The molecule has 2 heterocycles. The van der Waals surface area contributed by atoms with Gasteiger partial charge in [-0.3, -0.25) is 0 Å². The van der Waals surface area contributed by atoms with E-state index in [-0.39, 0.29) is 0 Å². The topological polar surface area (TPSA) is 52.0 Å². The van der Waals surface area contributed by atoms with Gasteiger partial charge in [0, 0.05) is 25.1 Å². The summed E-state index contributed by atoms with van der Waals surface area (Å²) in [6, 6.07) is 0.793. The van der Waals surface area contributed by atoms with E-state index >= 15 is 0 Å². The molecule has 0 saturated carbocycles. The minimum atomic E-state index is 0.363. The van der Waals surface area contributed by atoms with E-state index in [4.69, 9.17) is 4.74 Å². The zero-order chi connectivity index (χ0) is 14.4. The fourth-order valence-corrected chi connectivity index (χ4v) is 2.81. The van der Waals surface area contributed by atoms with E-state index in [1.165, 1.54) is 12.8 Å². The molecule has 0 aromatic carbocycles. The lowest BCUT2D eigenvalue weighted by molar-refractivity contribution is 0.0942. The molecule has 0 amide bonds. The Kier molecular flexibility index (Phi) is 5.98. The first-order chi connectivity index (χ1) is 9.70. The van der Waals surface area contributed by atoms with Crippen LogP contribution in [0.4, 0.5) is 0 Å². The summed E-state index contributed by atoms with van der Waals surface area (Å²) in [5.74, 6) is 1.08. The van der Waals surface area contributed by atoms with Gasteiger partial charge in [-0.25, -0.2) is 9.67 Å². The molecule has 1 aliphatic rings. The van der Waals surface area contributed by atoms with Crippen molar-refractivity contribution in [1.82, 2.24) is 20.1 Å². The predicted octanol–water partition coefficient (Wildman–Crippen LogP) is 2.34. The molecule has 0 radical (unpaired) electrons. The third kappa shape index (κ3) is 4.28. The summed E-state index contributed by atoms with van der Waals surface area (Å²) in [4.78, 5) is 4.43. The van der Waals surface area contributed by atoms with Crippen LogP contribution in [0.1, 0.15) is 58.3 Å². The number of ether oxygens (including phenoxy) is 1. The molecular weight excluding hydrogens is 252 g/mol. The molecule has 1 fully saturated rings. The Morgan fingerprint density at radius 3 is 3.00 bits per heavy atom. The van der Waals surface area contributed by atoms with Crippen LogP contribution in [0.25, 0.3) is 0 Å². The van der Waals surface area contributed by atoms with Gasteiger partial charge in [0.1, 0.15) is 12.2 Å². The van der Waals surface area contributed by atoms with Crippen molar-refractivity contribution in [2.75, 3.05) is 13.2 Å². The summed E-state index contributed by atoms with van der Waals surface area (Å²) in [6.07, 6.45) is 7.63. The summed E-state index contributed by atoms with van der Waals surface area (Å²) in [6.45, 7) is 8.47. The SMILES string of the molecule is CCCNC(Cc1ncnn1C(C)C)CC1CCCO1. The van der Waals surface area contributed by atoms with E-state index in [1.807, 2.05) is 4.68 Å². The zero-order valence-corrected chi connectivity index (χ0v) is 13.0. The molecule has 1 aliphatic heterocycles. The lowest BCUT2D eigenvalue weighted by Gasteiger charge is -2.22. The van der Waals surface area contributed by atoms with E-state index in [2.05, 4.69) is 36.2 Å². The van der Waals surface area contributed by atoms with Gasteiger partial charge in [0.2, 0.25) is 0 Å². The summed E-state index contributed by atoms with van der Waals surface area (Å²) in [5, 5.41) is 7.97. The van der Waals surface area contributed by atoms with E-state index in [0.717, 1.165) is 38.2 Å². The van der Waals surface area contributed by atoms with Crippen molar-refractivity contribution >= 4 is 0 Å². The number of hydrogen-bond donors (Lipinski definition) is 1. The molecule has 2 atom stereocenters. The Morgan fingerprint density at radius 2 is 2.35 bits per heavy atom. The lowest BCUT2D eigenvalue weighted by Crippen LogP contribution is -2.36. The van der Waals surface area contributed by atoms with Gasteiger partial charge in [-0.05, 0) is 46.1 Å². The maximum atomic E-state index is 5.78. The first-order valence-electron chi connectivity index (χ1n) is 7.94. The summed E-state index contributed by atoms with van der Waals surface area (Å²) >= 11 is 0. The third-order valence-electron chi connectivity index (χ3n) is 3.82. The van der Waals surface area contributed by atoms with Crippen molar-refractivity contribution in [1.29, 1.82) is 0 Å². The highest BCUT2D eigenvalue weighted by atomic mass is 16.5. The number of nitrogens with zero attached hydrogens (tertiary/aromatic N) is 3. The van der Waals surface area contributed by atoms with Crippen molar-refractivity contribution < 1.29 is 4.74 Å². The van der Waals surface area contributed by atoms with Crippen LogP contribution in [0.2, 0.25) is 0 Å². The standard InChI is InChI=1S/C15H28N4O/c1-4-7-16-13(9-14-6-5-8-20-14)10-15-17-11-18-19(15)12(2)3/h11-14,16H,4-10H2,1-3H3. The average Bonchev–Trinajstić information content (AvgIpc) is 3.07. The van der Waals surface area contributed by atoms with Crippen LogP contribution in [0.15, 0.2) is 6.33 Å². The Balaban J connectivity index is 1.96. The molecule has 5 heteroatoms. The highest BCUT2D eigenvalue weighted by Crippen LogP contribution is 2.19. The van der Waals surface area contributed by atoms with Crippen LogP contribution in [-0.4, -0.2) is 40.1 Å². The highest BCUT2D eigenvalue weighted by molar-refractivity contribution is 4.92. The van der Waals surface area contributed by atoms with Crippen LogP contribution in [0.5, 0.6) is 0 Å². The van der Waals surface area contributed by atoms with Crippen LogP contribution in [0, 0.1) is 0 Å². The predicted molar refractivity (Wildman–Crippen MR) is 79.8 cm³/mol. The van der Waals surface area contributed by atoms with Gasteiger partial charge < -0.3 is 10.1 Å². The Hall–Kier alpha value is -0.940. The van der Waals surface area contributed by atoms with Gasteiger partial charge >= 0.3 is 0 Å². The van der Waals surface area contributed by atoms with Crippen molar-refractivity contribution in [2.24, 2.45) is 0 Å². The molecule has 1 saturated heterocycles. The van der Waals surface area contributed by atoms with Crippen molar-refractivity contribution in [3.05, 3.63) is 12.2 Å². The Labute approximate surface area is 122 Å². The minimum absolute atomic E-state index is 0.363. The first-order valence-corrected chi connectivity index (χ1v) is 7.94. The summed E-state index contributed by atoms with van der Waals surface area (Å²) < 4.78 is 7.80. The van der Waals surface area contributed by atoms with Crippen LogP contribution < -0.4 is 5.32 Å². The Morgan fingerprint density at radius 1 is 1.50 bits per heavy atom. The van der Waals surface area contributed by atoms with Gasteiger partial charge in [-0.1, -0.05) is 6.92 Å². The normalized spacial score (nSPS) is 20.7. The molecular formula is C15H28N4O. The van der Waals surface area contributed by atoms with Crippen LogP contribution in [0.3, 0.4) is 0 Å². The van der Waals surface area contributed by atoms with E-state index < -0.39 is 0 Å². The highest BCUT2D eigenvalue weighted by Gasteiger charge is 2.22. The van der Waals surface area contributed by atoms with Crippen molar-refractivity contribution in [3.8, 4) is 0 Å². The minimum Gasteiger partial charge on any atom is -0.378 e.